The molecule has 0 aromatic carbocycles. The molecule has 2 nitrogen and oxygen atoms in total. The quantitative estimate of drug-likeness (QED) is 0.732. The van der Waals surface area contributed by atoms with Crippen molar-refractivity contribution in [3.63, 3.8) is 0 Å². The molecule has 0 radical (unpaired) electrons. The summed E-state index contributed by atoms with van der Waals surface area (Å²) in [7, 11) is 0. The van der Waals surface area contributed by atoms with Crippen LogP contribution >= 0.6 is 0 Å². The lowest BCUT2D eigenvalue weighted by molar-refractivity contribution is -0.130. The minimum Gasteiger partial charge on any atom is -0.389 e. The first-order chi connectivity index (χ1) is 9.61. The standard InChI is InChI=1S/C18H24O2/c1-18-10-15(19)17-12-5-3-2-4-11(12)6-7-13(17)14(18)8-9-16(18)20/h4,13-15,19H,2-3,5-10H2,1H3/t13-,14-,15-,18-/m0/s1. The average Bonchev–Trinajstić information content (AvgIpc) is 2.74. The van der Waals surface area contributed by atoms with E-state index in [1.807, 2.05) is 0 Å². The van der Waals surface area contributed by atoms with E-state index < -0.39 is 0 Å². The molecule has 0 unspecified atom stereocenters. The van der Waals surface area contributed by atoms with Gasteiger partial charge in [-0.3, -0.25) is 4.79 Å². The molecule has 2 heteroatoms. The lowest BCUT2D eigenvalue weighted by Gasteiger charge is -2.48. The van der Waals surface area contributed by atoms with Gasteiger partial charge in [0.15, 0.2) is 0 Å². The summed E-state index contributed by atoms with van der Waals surface area (Å²) in [6.45, 7) is 2.11. The van der Waals surface area contributed by atoms with Crippen molar-refractivity contribution in [2.45, 2.75) is 64.4 Å². The van der Waals surface area contributed by atoms with E-state index in [1.165, 1.54) is 29.6 Å². The molecule has 0 bridgehead atoms. The highest BCUT2D eigenvalue weighted by atomic mass is 16.3. The van der Waals surface area contributed by atoms with E-state index in [9.17, 15) is 9.90 Å². The van der Waals surface area contributed by atoms with E-state index in [1.54, 1.807) is 0 Å². The van der Waals surface area contributed by atoms with E-state index in [0.29, 0.717) is 24.0 Å². The van der Waals surface area contributed by atoms with Crippen molar-refractivity contribution in [1.82, 2.24) is 0 Å². The van der Waals surface area contributed by atoms with Gasteiger partial charge in [0, 0.05) is 11.8 Å². The predicted molar refractivity (Wildman–Crippen MR) is 78.1 cm³/mol. The second-order valence-corrected chi connectivity index (χ2v) is 7.41. The molecule has 2 fully saturated rings. The van der Waals surface area contributed by atoms with Gasteiger partial charge in [-0.25, -0.2) is 0 Å². The number of hydrogen-bond donors (Lipinski definition) is 1. The highest BCUT2D eigenvalue weighted by molar-refractivity contribution is 5.87. The zero-order valence-corrected chi connectivity index (χ0v) is 12.3. The molecule has 2 saturated carbocycles. The van der Waals surface area contributed by atoms with Crippen LogP contribution in [0.5, 0.6) is 0 Å². The Morgan fingerprint density at radius 3 is 2.95 bits per heavy atom. The van der Waals surface area contributed by atoms with Crippen molar-refractivity contribution in [1.29, 1.82) is 0 Å². The maximum Gasteiger partial charge on any atom is 0.139 e. The van der Waals surface area contributed by atoms with E-state index in [2.05, 4.69) is 13.0 Å². The topological polar surface area (TPSA) is 37.3 Å². The van der Waals surface area contributed by atoms with Crippen LogP contribution in [0.3, 0.4) is 0 Å². The second-order valence-electron chi connectivity index (χ2n) is 7.41. The Hall–Kier alpha value is -0.890. The van der Waals surface area contributed by atoms with Crippen LogP contribution in [0.4, 0.5) is 0 Å². The molecule has 0 aliphatic heterocycles. The van der Waals surface area contributed by atoms with Crippen LogP contribution < -0.4 is 0 Å². The van der Waals surface area contributed by atoms with Crippen LogP contribution in [-0.4, -0.2) is 17.0 Å². The predicted octanol–water partition coefficient (Wildman–Crippen LogP) is 3.55. The Morgan fingerprint density at radius 1 is 1.25 bits per heavy atom. The molecule has 0 amide bonds. The molecule has 4 atom stereocenters. The van der Waals surface area contributed by atoms with Gasteiger partial charge in [0.05, 0.1) is 6.10 Å². The summed E-state index contributed by atoms with van der Waals surface area (Å²) in [6.07, 6.45) is 10.3. The largest absolute Gasteiger partial charge is 0.389 e. The molecule has 4 aliphatic carbocycles. The number of aliphatic hydroxyl groups excluding tert-OH is 1. The SMILES string of the molecule is C[C@]12C[C@H](O)C3=C4CCCC=C4CC[C@H]3[C@@H]1CCC2=O. The van der Waals surface area contributed by atoms with Crippen molar-refractivity contribution in [3.8, 4) is 0 Å². The van der Waals surface area contributed by atoms with Crippen LogP contribution in [0.1, 0.15) is 58.3 Å². The van der Waals surface area contributed by atoms with Crippen LogP contribution in [0.2, 0.25) is 0 Å². The zero-order chi connectivity index (χ0) is 13.9. The van der Waals surface area contributed by atoms with E-state index in [4.69, 9.17) is 0 Å². The van der Waals surface area contributed by atoms with E-state index in [0.717, 1.165) is 32.1 Å². The number of allylic oxidation sites excluding steroid dienone is 3. The number of carbonyl (C=O) groups excluding carboxylic acids is 1. The molecule has 0 spiro atoms. The van der Waals surface area contributed by atoms with Gasteiger partial charge >= 0.3 is 0 Å². The average molecular weight is 272 g/mol. The number of rotatable bonds is 0. The van der Waals surface area contributed by atoms with Gasteiger partial charge in [0.1, 0.15) is 5.78 Å². The lowest BCUT2D eigenvalue weighted by atomic mass is 9.57. The summed E-state index contributed by atoms with van der Waals surface area (Å²) in [5, 5.41) is 10.7. The van der Waals surface area contributed by atoms with Crippen molar-refractivity contribution in [3.05, 3.63) is 22.8 Å². The van der Waals surface area contributed by atoms with Gasteiger partial charge in [0.2, 0.25) is 0 Å². The number of carbonyl (C=O) groups is 1. The Bertz CT molecular complexity index is 528. The van der Waals surface area contributed by atoms with Gasteiger partial charge in [-0.15, -0.1) is 0 Å². The maximum atomic E-state index is 12.3. The third-order valence-corrected chi connectivity index (χ3v) is 6.48. The van der Waals surface area contributed by atoms with Gasteiger partial charge in [-0.2, -0.15) is 0 Å². The lowest BCUT2D eigenvalue weighted by Crippen LogP contribution is -2.46. The van der Waals surface area contributed by atoms with E-state index in [-0.39, 0.29) is 11.5 Å². The fourth-order valence-corrected chi connectivity index (χ4v) is 5.50. The van der Waals surface area contributed by atoms with Crippen molar-refractivity contribution in [2.24, 2.45) is 17.3 Å². The maximum absolute atomic E-state index is 12.3. The minimum atomic E-state index is -0.375. The minimum absolute atomic E-state index is 0.246. The first-order valence-corrected chi connectivity index (χ1v) is 8.25. The normalized spacial score (nSPS) is 43.8. The Kier molecular flexibility index (Phi) is 2.76. The first-order valence-electron chi connectivity index (χ1n) is 8.25. The van der Waals surface area contributed by atoms with Crippen LogP contribution in [0, 0.1) is 17.3 Å². The molecule has 108 valence electrons. The molecule has 0 aromatic rings. The molecule has 0 heterocycles. The monoisotopic (exact) mass is 272 g/mol. The highest BCUT2D eigenvalue weighted by Gasteiger charge is 2.55. The molecule has 4 rings (SSSR count). The molecule has 0 aromatic heterocycles. The van der Waals surface area contributed by atoms with Crippen LogP contribution in [0.15, 0.2) is 22.8 Å². The van der Waals surface area contributed by atoms with Crippen molar-refractivity contribution < 1.29 is 9.90 Å². The molecular formula is C18H24O2. The fourth-order valence-electron chi connectivity index (χ4n) is 5.50. The zero-order valence-electron chi connectivity index (χ0n) is 12.3. The van der Waals surface area contributed by atoms with Crippen LogP contribution in [-0.2, 0) is 4.79 Å². The highest BCUT2D eigenvalue weighted by Crippen LogP contribution is 2.58. The Balaban J connectivity index is 1.81. The summed E-state index contributed by atoms with van der Waals surface area (Å²) >= 11 is 0. The molecule has 20 heavy (non-hydrogen) atoms. The number of Topliss-reactive ketones (excluding diaryl/α,β-unsaturated/α-hetero) is 1. The van der Waals surface area contributed by atoms with Gasteiger partial charge in [-0.1, -0.05) is 13.0 Å². The number of ketones is 1. The van der Waals surface area contributed by atoms with Crippen LogP contribution in [0.25, 0.3) is 0 Å². The fraction of sp³-hybridized carbons (Fsp3) is 0.722. The summed E-state index contributed by atoms with van der Waals surface area (Å²) in [5.74, 6) is 1.36. The van der Waals surface area contributed by atoms with E-state index >= 15 is 0 Å². The summed E-state index contributed by atoms with van der Waals surface area (Å²) in [6, 6.07) is 0. The summed E-state index contributed by atoms with van der Waals surface area (Å²) in [4.78, 5) is 12.3. The summed E-state index contributed by atoms with van der Waals surface area (Å²) in [5.41, 5.74) is 4.07. The third-order valence-electron chi connectivity index (χ3n) is 6.48. The molecule has 4 aliphatic rings. The third kappa shape index (κ3) is 1.57. The Labute approximate surface area is 120 Å². The Morgan fingerprint density at radius 2 is 2.10 bits per heavy atom. The molecule has 0 saturated heterocycles. The first kappa shape index (κ1) is 12.8. The second kappa shape index (κ2) is 4.30. The van der Waals surface area contributed by atoms with Gasteiger partial charge in [0.25, 0.3) is 0 Å². The van der Waals surface area contributed by atoms with Gasteiger partial charge in [-0.05, 0) is 73.5 Å². The number of aliphatic hydroxyl groups is 1. The summed E-state index contributed by atoms with van der Waals surface area (Å²) < 4.78 is 0. The number of fused-ring (bicyclic) bond motifs is 4. The molecular weight excluding hydrogens is 248 g/mol. The smallest absolute Gasteiger partial charge is 0.139 e. The van der Waals surface area contributed by atoms with Crippen molar-refractivity contribution in [2.75, 3.05) is 0 Å². The molecule has 1 N–H and O–H groups in total. The van der Waals surface area contributed by atoms with Crippen molar-refractivity contribution >= 4 is 5.78 Å². The number of hydrogen-bond acceptors (Lipinski definition) is 2. The van der Waals surface area contributed by atoms with Gasteiger partial charge < -0.3 is 5.11 Å².